The Morgan fingerprint density at radius 3 is 2.71 bits per heavy atom. The van der Waals surface area contributed by atoms with E-state index in [9.17, 15) is 0 Å². The summed E-state index contributed by atoms with van der Waals surface area (Å²) in [7, 11) is 0. The summed E-state index contributed by atoms with van der Waals surface area (Å²) in [5, 5.41) is 0. The fourth-order valence-electron chi connectivity index (χ4n) is 4.01. The first-order chi connectivity index (χ1) is 8.23. The van der Waals surface area contributed by atoms with Gasteiger partial charge >= 0.3 is 0 Å². The third-order valence-electron chi connectivity index (χ3n) is 4.87. The molecular formula is C15H18BrCl. The van der Waals surface area contributed by atoms with E-state index in [4.69, 9.17) is 11.6 Å². The van der Waals surface area contributed by atoms with E-state index in [0.717, 1.165) is 24.1 Å². The van der Waals surface area contributed by atoms with Crippen molar-refractivity contribution in [2.24, 2.45) is 17.3 Å². The zero-order valence-corrected chi connectivity index (χ0v) is 12.3. The van der Waals surface area contributed by atoms with Crippen molar-refractivity contribution >= 4 is 27.5 Å². The van der Waals surface area contributed by atoms with E-state index in [1.165, 1.54) is 35.7 Å². The fraction of sp³-hybridized carbons (Fsp3) is 0.600. The SMILES string of the molecule is ClCC1(Cc2ccccc2Br)CC2CCC1C2. The van der Waals surface area contributed by atoms with Crippen LogP contribution in [0.4, 0.5) is 0 Å². The molecule has 17 heavy (non-hydrogen) atoms. The molecule has 0 aromatic heterocycles. The topological polar surface area (TPSA) is 0 Å². The maximum atomic E-state index is 6.35. The van der Waals surface area contributed by atoms with E-state index in [0.29, 0.717) is 5.41 Å². The van der Waals surface area contributed by atoms with E-state index < -0.39 is 0 Å². The summed E-state index contributed by atoms with van der Waals surface area (Å²) in [5.41, 5.74) is 1.81. The summed E-state index contributed by atoms with van der Waals surface area (Å²) < 4.78 is 1.24. The van der Waals surface area contributed by atoms with Crippen LogP contribution in [0.3, 0.4) is 0 Å². The number of halogens is 2. The van der Waals surface area contributed by atoms with Crippen molar-refractivity contribution in [3.05, 3.63) is 34.3 Å². The van der Waals surface area contributed by atoms with Crippen molar-refractivity contribution in [3.8, 4) is 0 Å². The van der Waals surface area contributed by atoms with Crippen molar-refractivity contribution < 1.29 is 0 Å². The van der Waals surface area contributed by atoms with Crippen LogP contribution in [0.5, 0.6) is 0 Å². The minimum absolute atomic E-state index is 0.383. The molecule has 3 rings (SSSR count). The van der Waals surface area contributed by atoms with Crippen LogP contribution in [0.15, 0.2) is 28.7 Å². The zero-order valence-electron chi connectivity index (χ0n) is 9.96. The van der Waals surface area contributed by atoms with Crippen LogP contribution < -0.4 is 0 Å². The maximum absolute atomic E-state index is 6.35. The third kappa shape index (κ3) is 2.06. The van der Waals surface area contributed by atoms with Crippen molar-refractivity contribution in [2.75, 3.05) is 5.88 Å². The minimum Gasteiger partial charge on any atom is -0.126 e. The van der Waals surface area contributed by atoms with Crippen LogP contribution in [0.1, 0.15) is 31.2 Å². The number of hydrogen-bond donors (Lipinski definition) is 0. The highest BCUT2D eigenvalue weighted by molar-refractivity contribution is 9.10. The molecule has 0 nitrogen and oxygen atoms in total. The molecule has 0 saturated heterocycles. The lowest BCUT2D eigenvalue weighted by Crippen LogP contribution is -2.32. The van der Waals surface area contributed by atoms with Gasteiger partial charge in [0.2, 0.25) is 0 Å². The normalized spacial score (nSPS) is 35.4. The van der Waals surface area contributed by atoms with Gasteiger partial charge in [-0.2, -0.15) is 0 Å². The molecule has 0 aliphatic heterocycles. The largest absolute Gasteiger partial charge is 0.126 e. The van der Waals surface area contributed by atoms with Crippen molar-refractivity contribution in [1.29, 1.82) is 0 Å². The molecule has 3 unspecified atom stereocenters. The minimum atomic E-state index is 0.383. The van der Waals surface area contributed by atoms with Gasteiger partial charge in [-0.25, -0.2) is 0 Å². The molecule has 0 N–H and O–H groups in total. The predicted molar refractivity (Wildman–Crippen MR) is 76.4 cm³/mol. The van der Waals surface area contributed by atoms with Crippen molar-refractivity contribution in [1.82, 2.24) is 0 Å². The Morgan fingerprint density at radius 2 is 2.12 bits per heavy atom. The van der Waals surface area contributed by atoms with Gasteiger partial charge in [-0.05, 0) is 54.6 Å². The maximum Gasteiger partial charge on any atom is 0.0285 e. The van der Waals surface area contributed by atoms with E-state index in [1.54, 1.807) is 0 Å². The average Bonchev–Trinajstić information content (AvgIpc) is 2.93. The van der Waals surface area contributed by atoms with Gasteiger partial charge in [0.15, 0.2) is 0 Å². The molecule has 0 radical (unpaired) electrons. The molecule has 2 aliphatic rings. The highest BCUT2D eigenvalue weighted by Crippen LogP contribution is 2.58. The van der Waals surface area contributed by atoms with Crippen LogP contribution in [-0.4, -0.2) is 5.88 Å². The van der Waals surface area contributed by atoms with Crippen LogP contribution in [0.2, 0.25) is 0 Å². The second-order valence-corrected chi connectivity index (χ2v) is 6.97. The lowest BCUT2D eigenvalue weighted by molar-refractivity contribution is 0.193. The first-order valence-electron chi connectivity index (χ1n) is 6.53. The highest BCUT2D eigenvalue weighted by Gasteiger charge is 2.50. The van der Waals surface area contributed by atoms with Gasteiger partial charge in [0.1, 0.15) is 0 Å². The first-order valence-corrected chi connectivity index (χ1v) is 7.86. The van der Waals surface area contributed by atoms with Gasteiger partial charge in [0.25, 0.3) is 0 Å². The highest BCUT2D eigenvalue weighted by atomic mass is 79.9. The smallest absolute Gasteiger partial charge is 0.0285 e. The molecule has 1 aromatic rings. The van der Waals surface area contributed by atoms with Crippen molar-refractivity contribution in [3.63, 3.8) is 0 Å². The summed E-state index contributed by atoms with van der Waals surface area (Å²) in [6, 6.07) is 8.60. The van der Waals surface area contributed by atoms with Gasteiger partial charge in [0, 0.05) is 10.4 Å². The molecule has 3 atom stereocenters. The molecule has 1 aromatic carbocycles. The summed E-state index contributed by atoms with van der Waals surface area (Å²) in [6.07, 6.45) is 6.78. The monoisotopic (exact) mass is 312 g/mol. The van der Waals surface area contributed by atoms with Crippen LogP contribution in [0.25, 0.3) is 0 Å². The molecule has 92 valence electrons. The van der Waals surface area contributed by atoms with Gasteiger partial charge < -0.3 is 0 Å². The molecule has 2 aliphatic carbocycles. The molecular weight excluding hydrogens is 296 g/mol. The van der Waals surface area contributed by atoms with Crippen LogP contribution in [-0.2, 0) is 6.42 Å². The van der Waals surface area contributed by atoms with E-state index >= 15 is 0 Å². The van der Waals surface area contributed by atoms with E-state index in [-0.39, 0.29) is 0 Å². The van der Waals surface area contributed by atoms with Gasteiger partial charge in [-0.1, -0.05) is 40.5 Å². The first kappa shape index (κ1) is 12.0. The average molecular weight is 314 g/mol. The second-order valence-electron chi connectivity index (χ2n) is 5.84. The van der Waals surface area contributed by atoms with Crippen LogP contribution >= 0.6 is 27.5 Å². The number of rotatable bonds is 3. The lowest BCUT2D eigenvalue weighted by Gasteiger charge is -2.36. The molecule has 2 saturated carbocycles. The standard InChI is InChI=1S/C15H18BrCl/c16-14-4-2-1-3-12(14)9-15(10-17)8-11-5-6-13(15)7-11/h1-4,11,13H,5-10H2. The number of alkyl halides is 1. The Balaban J connectivity index is 1.86. The number of fused-ring (bicyclic) bond motifs is 2. The summed E-state index contributed by atoms with van der Waals surface area (Å²) >= 11 is 10.0. The molecule has 0 heterocycles. The second kappa shape index (κ2) is 4.59. The zero-order chi connectivity index (χ0) is 11.9. The Bertz CT molecular complexity index is 417. The number of hydrogen-bond acceptors (Lipinski definition) is 0. The molecule has 2 fully saturated rings. The summed E-state index contributed by atoms with van der Waals surface area (Å²) in [5.74, 6) is 2.66. The van der Waals surface area contributed by atoms with Gasteiger partial charge in [0.05, 0.1) is 0 Å². The molecule has 2 bridgehead atoms. The van der Waals surface area contributed by atoms with E-state index in [2.05, 4.69) is 40.2 Å². The molecule has 2 heteroatoms. The predicted octanol–water partition coefficient (Wildman–Crippen LogP) is 5.04. The summed E-state index contributed by atoms with van der Waals surface area (Å²) in [4.78, 5) is 0. The Labute approximate surface area is 117 Å². The summed E-state index contributed by atoms with van der Waals surface area (Å²) in [6.45, 7) is 0. The Kier molecular flexibility index (Phi) is 3.25. The fourth-order valence-corrected chi connectivity index (χ4v) is 4.85. The van der Waals surface area contributed by atoms with Crippen LogP contribution in [0, 0.1) is 17.3 Å². The quantitative estimate of drug-likeness (QED) is 0.686. The Morgan fingerprint density at radius 1 is 1.29 bits per heavy atom. The van der Waals surface area contributed by atoms with Crippen molar-refractivity contribution in [2.45, 2.75) is 32.1 Å². The van der Waals surface area contributed by atoms with E-state index in [1.807, 2.05) is 0 Å². The lowest BCUT2D eigenvalue weighted by atomic mass is 9.71. The van der Waals surface area contributed by atoms with Gasteiger partial charge in [-0.15, -0.1) is 11.6 Å². The van der Waals surface area contributed by atoms with Gasteiger partial charge in [-0.3, -0.25) is 0 Å². The third-order valence-corrected chi connectivity index (χ3v) is 6.17. The Hall–Kier alpha value is -0.0100. The number of benzene rings is 1. The molecule has 0 amide bonds. The molecule has 0 spiro atoms.